The first kappa shape index (κ1) is 20.9. The molecule has 1 atom stereocenters. The van der Waals surface area contributed by atoms with Crippen LogP contribution < -0.4 is 4.90 Å². The molecular weight excluding hydrogens is 370 g/mol. The van der Waals surface area contributed by atoms with Crippen LogP contribution in [0.5, 0.6) is 0 Å². The van der Waals surface area contributed by atoms with Gasteiger partial charge in [-0.15, -0.1) is 0 Å². The predicted octanol–water partition coefficient (Wildman–Crippen LogP) is 3.98. The van der Waals surface area contributed by atoms with Crippen LogP contribution in [0.25, 0.3) is 0 Å². The van der Waals surface area contributed by atoms with E-state index in [1.165, 1.54) is 0 Å². The van der Waals surface area contributed by atoms with E-state index in [4.69, 9.17) is 0 Å². The van der Waals surface area contributed by atoms with E-state index in [1.807, 2.05) is 0 Å². The number of hydroxylamine groups is 2. The van der Waals surface area contributed by atoms with Crippen molar-refractivity contribution in [2.45, 2.75) is 31.4 Å². The lowest BCUT2D eigenvalue weighted by atomic mass is 10.2. The summed E-state index contributed by atoms with van der Waals surface area (Å²) in [5.41, 5.74) is -0.101. The maximum Gasteiger partial charge on any atom is 0.411 e. The largest absolute Gasteiger partial charge is 0.411 e. The number of urea groups is 1. The normalized spacial score (nSPS) is 13.7. The Balaban J connectivity index is 3.21. The van der Waals surface area contributed by atoms with Crippen LogP contribution in [0.1, 0.15) is 6.42 Å². The molecular formula is C12H11F8N3O2. The summed E-state index contributed by atoms with van der Waals surface area (Å²) in [6.45, 7) is -3.95. The van der Waals surface area contributed by atoms with Crippen LogP contribution in [-0.2, 0) is 4.84 Å². The Morgan fingerprint density at radius 3 is 2.08 bits per heavy atom. The summed E-state index contributed by atoms with van der Waals surface area (Å²) in [7, 11) is 0.876. The van der Waals surface area contributed by atoms with Gasteiger partial charge in [0.15, 0.2) is 6.04 Å². The smallest absolute Gasteiger partial charge is 0.295 e. The SMILES string of the molecule is CN(C(=O)N(OC(F)F)[C@H](CC(F)(F)F)C(F)(F)F)c1ccncc1. The van der Waals surface area contributed by atoms with E-state index >= 15 is 0 Å². The minimum Gasteiger partial charge on any atom is -0.295 e. The Kier molecular flexibility index (Phi) is 6.51. The summed E-state index contributed by atoms with van der Waals surface area (Å²) in [5.74, 6) is 0. The van der Waals surface area contributed by atoms with Gasteiger partial charge in [0.05, 0.1) is 6.42 Å². The molecule has 5 nitrogen and oxygen atoms in total. The number of carbonyl (C=O) groups excluding carboxylic acids is 1. The minimum absolute atomic E-state index is 0.101. The molecule has 2 amide bonds. The van der Waals surface area contributed by atoms with Gasteiger partial charge in [0, 0.05) is 25.1 Å². The summed E-state index contributed by atoms with van der Waals surface area (Å²) in [5, 5.41) is -1.02. The number of aromatic nitrogens is 1. The van der Waals surface area contributed by atoms with Crippen molar-refractivity contribution in [1.29, 1.82) is 0 Å². The van der Waals surface area contributed by atoms with Gasteiger partial charge in [0.2, 0.25) is 0 Å². The van der Waals surface area contributed by atoms with Crippen molar-refractivity contribution in [2.24, 2.45) is 0 Å². The summed E-state index contributed by atoms with van der Waals surface area (Å²) in [4.78, 5) is 19.5. The predicted molar refractivity (Wildman–Crippen MR) is 67.5 cm³/mol. The molecule has 0 spiro atoms. The van der Waals surface area contributed by atoms with Crippen molar-refractivity contribution in [1.82, 2.24) is 10.0 Å². The lowest BCUT2D eigenvalue weighted by Crippen LogP contribution is -2.54. The molecule has 0 saturated carbocycles. The van der Waals surface area contributed by atoms with Crippen molar-refractivity contribution >= 4 is 11.7 Å². The Hall–Kier alpha value is -2.18. The first-order valence-corrected chi connectivity index (χ1v) is 6.38. The zero-order valence-corrected chi connectivity index (χ0v) is 12.4. The van der Waals surface area contributed by atoms with E-state index in [1.54, 1.807) is 0 Å². The van der Waals surface area contributed by atoms with Crippen LogP contribution in [0.3, 0.4) is 0 Å². The highest BCUT2D eigenvalue weighted by Crippen LogP contribution is 2.35. The highest BCUT2D eigenvalue weighted by molar-refractivity contribution is 5.90. The summed E-state index contributed by atoms with van der Waals surface area (Å²) >= 11 is 0. The van der Waals surface area contributed by atoms with Crippen molar-refractivity contribution < 1.29 is 44.8 Å². The molecule has 0 aliphatic heterocycles. The molecule has 0 N–H and O–H groups in total. The standard InChI is InChI=1S/C12H11F8N3O2/c1-22(7-2-4-21-5-3-7)10(24)23(25-9(13)14)8(12(18,19)20)6-11(15,16)17/h2-5,8-9H,6H2,1H3/t8-/m1/s1. The number of carbonyl (C=O) groups is 1. The van der Waals surface area contributed by atoms with Crippen LogP contribution in [0.4, 0.5) is 45.6 Å². The molecule has 13 heteroatoms. The lowest BCUT2D eigenvalue weighted by molar-refractivity contribution is -0.323. The van der Waals surface area contributed by atoms with Gasteiger partial charge in [-0.05, 0) is 12.1 Å². The fraction of sp³-hybridized carbons (Fsp3) is 0.500. The van der Waals surface area contributed by atoms with Gasteiger partial charge in [-0.1, -0.05) is 0 Å². The molecule has 0 saturated heterocycles. The zero-order valence-electron chi connectivity index (χ0n) is 12.4. The third-order valence-corrected chi connectivity index (χ3v) is 2.80. The molecule has 142 valence electrons. The lowest BCUT2D eigenvalue weighted by Gasteiger charge is -2.34. The molecule has 1 aromatic heterocycles. The van der Waals surface area contributed by atoms with Crippen LogP contribution in [0, 0.1) is 0 Å². The number of nitrogens with zero attached hydrogens (tertiary/aromatic N) is 3. The van der Waals surface area contributed by atoms with Crippen LogP contribution >= 0.6 is 0 Å². The fourth-order valence-electron chi connectivity index (χ4n) is 1.71. The Labute approximate surface area is 135 Å². The monoisotopic (exact) mass is 381 g/mol. The average Bonchev–Trinajstić information content (AvgIpc) is 2.48. The second-order valence-corrected chi connectivity index (χ2v) is 4.62. The molecule has 0 fully saturated rings. The fourth-order valence-corrected chi connectivity index (χ4v) is 1.71. The number of rotatable bonds is 5. The number of anilines is 1. The Morgan fingerprint density at radius 2 is 1.68 bits per heavy atom. The van der Waals surface area contributed by atoms with E-state index in [0.29, 0.717) is 4.90 Å². The van der Waals surface area contributed by atoms with Crippen molar-refractivity contribution in [3.63, 3.8) is 0 Å². The number of alkyl halides is 8. The maximum atomic E-state index is 12.9. The second kappa shape index (κ2) is 7.80. The minimum atomic E-state index is -5.67. The molecule has 1 rings (SSSR count). The van der Waals surface area contributed by atoms with Gasteiger partial charge >= 0.3 is 25.0 Å². The number of halogens is 8. The van der Waals surface area contributed by atoms with E-state index in [2.05, 4.69) is 9.82 Å². The van der Waals surface area contributed by atoms with Gasteiger partial charge in [-0.2, -0.15) is 45.0 Å². The summed E-state index contributed by atoms with van der Waals surface area (Å²) in [6.07, 6.45) is -11.4. The van der Waals surface area contributed by atoms with E-state index < -0.39 is 42.5 Å². The van der Waals surface area contributed by atoms with Crippen LogP contribution in [0.15, 0.2) is 24.5 Å². The highest BCUT2D eigenvalue weighted by atomic mass is 19.4. The third kappa shape index (κ3) is 6.32. The average molecular weight is 381 g/mol. The first-order chi connectivity index (χ1) is 11.3. The number of hydrogen-bond acceptors (Lipinski definition) is 3. The van der Waals surface area contributed by atoms with E-state index in [0.717, 1.165) is 31.6 Å². The zero-order chi connectivity index (χ0) is 19.4. The molecule has 0 aliphatic rings. The van der Waals surface area contributed by atoms with Gasteiger partial charge in [-0.25, -0.2) is 4.79 Å². The summed E-state index contributed by atoms with van der Waals surface area (Å²) < 4.78 is 101. The second-order valence-electron chi connectivity index (χ2n) is 4.62. The van der Waals surface area contributed by atoms with Gasteiger partial charge in [0.1, 0.15) is 0 Å². The number of amides is 2. The maximum absolute atomic E-state index is 12.9. The number of hydrogen-bond donors (Lipinski definition) is 0. The molecule has 0 radical (unpaired) electrons. The van der Waals surface area contributed by atoms with Crippen LogP contribution in [0.2, 0.25) is 0 Å². The molecule has 1 heterocycles. The van der Waals surface area contributed by atoms with Crippen molar-refractivity contribution in [2.75, 3.05) is 11.9 Å². The number of pyridine rings is 1. The molecule has 0 aliphatic carbocycles. The molecule has 0 unspecified atom stereocenters. The van der Waals surface area contributed by atoms with Gasteiger partial charge < -0.3 is 0 Å². The first-order valence-electron chi connectivity index (χ1n) is 6.38. The molecule has 0 aromatic carbocycles. The van der Waals surface area contributed by atoms with E-state index in [9.17, 15) is 39.9 Å². The van der Waals surface area contributed by atoms with Crippen molar-refractivity contribution in [3.8, 4) is 0 Å². The third-order valence-electron chi connectivity index (χ3n) is 2.80. The summed E-state index contributed by atoms with van der Waals surface area (Å²) in [6, 6.07) is -3.26. The Morgan fingerprint density at radius 1 is 1.16 bits per heavy atom. The molecule has 1 aromatic rings. The van der Waals surface area contributed by atoms with Gasteiger partial charge in [-0.3, -0.25) is 9.88 Å². The topological polar surface area (TPSA) is 45.7 Å². The highest BCUT2D eigenvalue weighted by Gasteiger charge is 2.53. The molecule has 25 heavy (non-hydrogen) atoms. The Bertz CT molecular complexity index is 564. The van der Waals surface area contributed by atoms with E-state index in [-0.39, 0.29) is 5.69 Å². The quantitative estimate of drug-likeness (QED) is 0.573. The van der Waals surface area contributed by atoms with Gasteiger partial charge in [0.25, 0.3) is 0 Å². The van der Waals surface area contributed by atoms with Crippen LogP contribution in [-0.4, -0.2) is 48.1 Å². The van der Waals surface area contributed by atoms with Crippen molar-refractivity contribution in [3.05, 3.63) is 24.5 Å². The molecule has 0 bridgehead atoms.